The summed E-state index contributed by atoms with van der Waals surface area (Å²) in [5.41, 5.74) is 0. The van der Waals surface area contributed by atoms with E-state index >= 15 is 0 Å². The first-order chi connectivity index (χ1) is 8.99. The lowest BCUT2D eigenvalue weighted by atomic mass is 10.4. The summed E-state index contributed by atoms with van der Waals surface area (Å²) in [5.74, 6) is 1.60. The summed E-state index contributed by atoms with van der Waals surface area (Å²) in [7, 11) is -3.21. The van der Waals surface area contributed by atoms with Crippen molar-refractivity contribution in [3.8, 4) is 0 Å². The molecule has 0 saturated heterocycles. The molecule has 0 aliphatic carbocycles. The van der Waals surface area contributed by atoms with E-state index < -0.39 is 9.84 Å². The molecule has 6 nitrogen and oxygen atoms in total. The van der Waals surface area contributed by atoms with E-state index in [-0.39, 0.29) is 4.90 Å². The van der Waals surface area contributed by atoms with E-state index in [1.54, 1.807) is 4.68 Å². The summed E-state index contributed by atoms with van der Waals surface area (Å²) in [5, 5.41) is 7.18. The fourth-order valence-corrected chi connectivity index (χ4v) is 2.18. The third kappa shape index (κ3) is 3.68. The van der Waals surface area contributed by atoms with Gasteiger partial charge in [0.05, 0.1) is 19.3 Å². The van der Waals surface area contributed by atoms with Crippen molar-refractivity contribution in [3.05, 3.63) is 36.0 Å². The zero-order valence-electron chi connectivity index (χ0n) is 11.0. The molecule has 0 aromatic carbocycles. The molecule has 0 unspecified atom stereocenters. The van der Waals surface area contributed by atoms with Gasteiger partial charge in [-0.2, -0.15) is 5.10 Å². The number of hydrogen-bond donors (Lipinski definition) is 1. The molecule has 0 saturated carbocycles. The van der Waals surface area contributed by atoms with Crippen molar-refractivity contribution < 1.29 is 12.8 Å². The van der Waals surface area contributed by atoms with Crippen LogP contribution in [-0.2, 0) is 22.9 Å². The standard InChI is InChI=1S/C12H17N3O3S/c1-3-13-6-10-4-5-11(18-10)8-15-9-12(7-14-15)19(2,16)17/h4-5,7,9,13H,3,6,8H2,1-2H3. The summed E-state index contributed by atoms with van der Waals surface area (Å²) < 4.78 is 29.8. The molecule has 104 valence electrons. The van der Waals surface area contributed by atoms with Gasteiger partial charge in [0.1, 0.15) is 16.4 Å². The molecule has 2 rings (SSSR count). The Morgan fingerprint density at radius 1 is 1.37 bits per heavy atom. The third-order valence-electron chi connectivity index (χ3n) is 2.62. The maximum Gasteiger partial charge on any atom is 0.178 e. The van der Waals surface area contributed by atoms with Gasteiger partial charge in [-0.25, -0.2) is 8.42 Å². The van der Waals surface area contributed by atoms with Crippen LogP contribution in [0.4, 0.5) is 0 Å². The topological polar surface area (TPSA) is 77.1 Å². The number of rotatable bonds is 6. The average Bonchev–Trinajstić information content (AvgIpc) is 2.95. The van der Waals surface area contributed by atoms with Crippen LogP contribution >= 0.6 is 0 Å². The Morgan fingerprint density at radius 2 is 2.11 bits per heavy atom. The zero-order chi connectivity index (χ0) is 13.9. The van der Waals surface area contributed by atoms with E-state index in [1.807, 2.05) is 19.1 Å². The SMILES string of the molecule is CCNCc1ccc(Cn2cc(S(C)(=O)=O)cn2)o1. The molecule has 0 amide bonds. The van der Waals surface area contributed by atoms with Crippen LogP contribution in [0, 0.1) is 0 Å². The molecule has 2 aromatic heterocycles. The minimum atomic E-state index is -3.21. The van der Waals surface area contributed by atoms with Crippen LogP contribution in [-0.4, -0.2) is 31.0 Å². The molecule has 0 aliphatic heterocycles. The molecule has 2 aromatic rings. The van der Waals surface area contributed by atoms with Crippen molar-refractivity contribution in [2.45, 2.75) is 24.9 Å². The van der Waals surface area contributed by atoms with E-state index in [9.17, 15) is 8.42 Å². The van der Waals surface area contributed by atoms with Crippen LogP contribution in [0.2, 0.25) is 0 Å². The second kappa shape index (κ2) is 5.58. The predicted molar refractivity (Wildman–Crippen MR) is 70.5 cm³/mol. The maximum atomic E-state index is 11.3. The van der Waals surface area contributed by atoms with Crippen LogP contribution in [0.25, 0.3) is 0 Å². The average molecular weight is 283 g/mol. The minimum absolute atomic E-state index is 0.215. The lowest BCUT2D eigenvalue weighted by Crippen LogP contribution is -2.10. The van der Waals surface area contributed by atoms with Crippen LogP contribution in [0.15, 0.2) is 33.8 Å². The van der Waals surface area contributed by atoms with Gasteiger partial charge in [0.25, 0.3) is 0 Å². The molecule has 0 spiro atoms. The first-order valence-electron chi connectivity index (χ1n) is 6.00. The fraction of sp³-hybridized carbons (Fsp3) is 0.417. The smallest absolute Gasteiger partial charge is 0.178 e. The number of nitrogens with one attached hydrogen (secondary N) is 1. The van der Waals surface area contributed by atoms with Crippen LogP contribution in [0.1, 0.15) is 18.4 Å². The van der Waals surface area contributed by atoms with E-state index in [2.05, 4.69) is 10.4 Å². The lowest BCUT2D eigenvalue weighted by molar-refractivity contribution is 0.432. The molecule has 0 aliphatic rings. The van der Waals surface area contributed by atoms with Crippen LogP contribution in [0.3, 0.4) is 0 Å². The van der Waals surface area contributed by atoms with Crippen LogP contribution in [0.5, 0.6) is 0 Å². The van der Waals surface area contributed by atoms with E-state index in [0.717, 1.165) is 24.3 Å². The van der Waals surface area contributed by atoms with Crippen molar-refractivity contribution >= 4 is 9.84 Å². The molecule has 19 heavy (non-hydrogen) atoms. The highest BCUT2D eigenvalue weighted by atomic mass is 32.2. The first-order valence-corrected chi connectivity index (χ1v) is 7.89. The lowest BCUT2D eigenvalue weighted by Gasteiger charge is -1.99. The monoisotopic (exact) mass is 283 g/mol. The van der Waals surface area contributed by atoms with Crippen molar-refractivity contribution in [2.24, 2.45) is 0 Å². The summed E-state index contributed by atoms with van der Waals surface area (Å²) in [4.78, 5) is 0.215. The second-order valence-electron chi connectivity index (χ2n) is 4.29. The quantitative estimate of drug-likeness (QED) is 0.857. The highest BCUT2D eigenvalue weighted by molar-refractivity contribution is 7.90. The molecule has 7 heteroatoms. The molecular formula is C12H17N3O3S. The Kier molecular flexibility index (Phi) is 4.06. The number of aromatic nitrogens is 2. The van der Waals surface area contributed by atoms with Gasteiger partial charge in [-0.1, -0.05) is 6.92 Å². The van der Waals surface area contributed by atoms with Crippen LogP contribution < -0.4 is 5.32 Å². The molecule has 0 bridgehead atoms. The van der Waals surface area contributed by atoms with Gasteiger partial charge in [-0.05, 0) is 18.7 Å². The number of sulfone groups is 1. The van der Waals surface area contributed by atoms with E-state index in [0.29, 0.717) is 13.1 Å². The normalized spacial score (nSPS) is 11.9. The van der Waals surface area contributed by atoms with Crippen molar-refractivity contribution in [1.29, 1.82) is 0 Å². The summed E-state index contributed by atoms with van der Waals surface area (Å²) in [6.45, 7) is 4.01. The summed E-state index contributed by atoms with van der Waals surface area (Å²) in [6.07, 6.45) is 4.01. The predicted octanol–water partition coefficient (Wildman–Crippen LogP) is 1.04. The Bertz CT molecular complexity index is 643. The van der Waals surface area contributed by atoms with Crippen molar-refractivity contribution in [2.75, 3.05) is 12.8 Å². The molecule has 2 heterocycles. The molecule has 1 N–H and O–H groups in total. The Morgan fingerprint density at radius 3 is 2.74 bits per heavy atom. The number of nitrogens with zero attached hydrogens (tertiary/aromatic N) is 2. The van der Waals surface area contributed by atoms with Crippen molar-refractivity contribution in [3.63, 3.8) is 0 Å². The van der Waals surface area contributed by atoms with Gasteiger partial charge >= 0.3 is 0 Å². The highest BCUT2D eigenvalue weighted by Crippen LogP contribution is 2.11. The van der Waals surface area contributed by atoms with Gasteiger partial charge in [-0.15, -0.1) is 0 Å². The highest BCUT2D eigenvalue weighted by Gasteiger charge is 2.11. The summed E-state index contributed by atoms with van der Waals surface area (Å²) >= 11 is 0. The molecule has 0 fully saturated rings. The van der Waals surface area contributed by atoms with E-state index in [1.165, 1.54) is 12.4 Å². The Hall–Kier alpha value is -1.60. The Labute approximate surface area is 112 Å². The fourth-order valence-electron chi connectivity index (χ4n) is 1.63. The Balaban J connectivity index is 2.05. The number of hydrogen-bond acceptors (Lipinski definition) is 5. The minimum Gasteiger partial charge on any atom is -0.463 e. The molecule has 0 radical (unpaired) electrons. The second-order valence-corrected chi connectivity index (χ2v) is 6.31. The largest absolute Gasteiger partial charge is 0.463 e. The first kappa shape index (κ1) is 13.8. The van der Waals surface area contributed by atoms with E-state index in [4.69, 9.17) is 4.42 Å². The van der Waals surface area contributed by atoms with Gasteiger partial charge in [0.2, 0.25) is 0 Å². The maximum absolute atomic E-state index is 11.3. The van der Waals surface area contributed by atoms with Gasteiger partial charge in [0, 0.05) is 12.5 Å². The molecular weight excluding hydrogens is 266 g/mol. The summed E-state index contributed by atoms with van der Waals surface area (Å²) in [6, 6.07) is 3.77. The molecule has 0 atom stereocenters. The zero-order valence-corrected chi connectivity index (χ0v) is 11.8. The van der Waals surface area contributed by atoms with Gasteiger partial charge < -0.3 is 9.73 Å². The van der Waals surface area contributed by atoms with Crippen molar-refractivity contribution in [1.82, 2.24) is 15.1 Å². The number of furan rings is 1. The van der Waals surface area contributed by atoms with Gasteiger partial charge in [-0.3, -0.25) is 4.68 Å². The van der Waals surface area contributed by atoms with Gasteiger partial charge in [0.15, 0.2) is 9.84 Å². The third-order valence-corrected chi connectivity index (χ3v) is 3.69.